The van der Waals surface area contributed by atoms with Gasteiger partial charge in [0.1, 0.15) is 17.8 Å². The number of amides is 1. The number of hydrogen-bond donors (Lipinski definition) is 2. The number of benzene rings is 1. The Morgan fingerprint density at radius 2 is 2.16 bits per heavy atom. The SMILES string of the molecule is CC1Cc2c(ncnc2Oc2ccc3c(ccn3C(=O)Nc3cc(C4CC4)on3)c2)CN1. The minimum Gasteiger partial charge on any atom is -0.439 e. The van der Waals surface area contributed by atoms with Gasteiger partial charge in [0.2, 0.25) is 5.88 Å². The summed E-state index contributed by atoms with van der Waals surface area (Å²) in [6.07, 6.45) is 6.30. The number of nitrogens with one attached hydrogen (secondary N) is 2. The van der Waals surface area contributed by atoms with Crippen LogP contribution >= 0.6 is 0 Å². The van der Waals surface area contributed by atoms with E-state index in [1.807, 2.05) is 24.3 Å². The highest BCUT2D eigenvalue weighted by Gasteiger charge is 2.28. The molecule has 9 nitrogen and oxygen atoms in total. The van der Waals surface area contributed by atoms with E-state index < -0.39 is 0 Å². The smallest absolute Gasteiger partial charge is 0.331 e. The summed E-state index contributed by atoms with van der Waals surface area (Å²) in [6.45, 7) is 2.84. The van der Waals surface area contributed by atoms with Crippen molar-refractivity contribution in [1.82, 2.24) is 25.0 Å². The van der Waals surface area contributed by atoms with Crippen molar-refractivity contribution in [1.29, 1.82) is 0 Å². The van der Waals surface area contributed by atoms with Gasteiger partial charge in [0.15, 0.2) is 5.82 Å². The summed E-state index contributed by atoms with van der Waals surface area (Å²) in [5.74, 6) is 2.94. The molecule has 4 heterocycles. The van der Waals surface area contributed by atoms with Crippen LogP contribution in [0.4, 0.5) is 10.6 Å². The molecule has 6 rings (SSSR count). The predicted octanol–water partition coefficient (Wildman–Crippen LogP) is 4.20. The van der Waals surface area contributed by atoms with Crippen LogP contribution in [0.2, 0.25) is 0 Å². The van der Waals surface area contributed by atoms with E-state index in [4.69, 9.17) is 9.26 Å². The van der Waals surface area contributed by atoms with Gasteiger partial charge in [0, 0.05) is 41.7 Å². The van der Waals surface area contributed by atoms with Crippen LogP contribution in [0.25, 0.3) is 10.9 Å². The van der Waals surface area contributed by atoms with Crippen LogP contribution in [0.15, 0.2) is 47.4 Å². The lowest BCUT2D eigenvalue weighted by Crippen LogP contribution is -2.33. The summed E-state index contributed by atoms with van der Waals surface area (Å²) in [7, 11) is 0. The maximum atomic E-state index is 12.8. The molecule has 1 aromatic carbocycles. The zero-order chi connectivity index (χ0) is 21.7. The van der Waals surface area contributed by atoms with E-state index in [-0.39, 0.29) is 6.03 Å². The van der Waals surface area contributed by atoms with E-state index in [1.54, 1.807) is 16.8 Å². The summed E-state index contributed by atoms with van der Waals surface area (Å²) < 4.78 is 13.0. The number of ether oxygens (including phenoxy) is 1. The Labute approximate surface area is 183 Å². The van der Waals surface area contributed by atoms with Gasteiger partial charge >= 0.3 is 6.03 Å². The van der Waals surface area contributed by atoms with E-state index in [0.29, 0.717) is 36.0 Å². The molecular formula is C23H22N6O3. The molecule has 0 saturated heterocycles. The molecule has 1 unspecified atom stereocenters. The quantitative estimate of drug-likeness (QED) is 0.499. The molecule has 162 valence electrons. The summed E-state index contributed by atoms with van der Waals surface area (Å²) in [6, 6.07) is 9.33. The first-order valence-corrected chi connectivity index (χ1v) is 10.8. The lowest BCUT2D eigenvalue weighted by Gasteiger charge is -2.23. The summed E-state index contributed by atoms with van der Waals surface area (Å²) >= 11 is 0. The Hall–Kier alpha value is -3.72. The van der Waals surface area contributed by atoms with Crippen LogP contribution < -0.4 is 15.4 Å². The Bertz CT molecular complexity index is 1320. The Morgan fingerprint density at radius 3 is 3.03 bits per heavy atom. The highest BCUT2D eigenvalue weighted by Crippen LogP contribution is 2.40. The van der Waals surface area contributed by atoms with Gasteiger partial charge in [0.05, 0.1) is 11.2 Å². The van der Waals surface area contributed by atoms with Crippen molar-refractivity contribution in [3.05, 3.63) is 59.9 Å². The minimum absolute atomic E-state index is 0.296. The van der Waals surface area contributed by atoms with E-state index in [2.05, 4.69) is 32.7 Å². The van der Waals surface area contributed by atoms with Crippen LogP contribution in [0.1, 0.15) is 42.7 Å². The minimum atomic E-state index is -0.296. The van der Waals surface area contributed by atoms with Gasteiger partial charge < -0.3 is 14.6 Å². The van der Waals surface area contributed by atoms with Crippen molar-refractivity contribution in [3.8, 4) is 11.6 Å². The molecule has 1 aliphatic heterocycles. The third kappa shape index (κ3) is 3.50. The van der Waals surface area contributed by atoms with Crippen LogP contribution in [-0.4, -0.2) is 31.8 Å². The fraction of sp³-hybridized carbons (Fsp3) is 0.304. The number of hydrogen-bond acceptors (Lipinski definition) is 7. The van der Waals surface area contributed by atoms with E-state index in [9.17, 15) is 4.79 Å². The zero-order valence-corrected chi connectivity index (χ0v) is 17.5. The number of carbonyl (C=O) groups excluding carboxylic acids is 1. The van der Waals surface area contributed by atoms with E-state index in [0.717, 1.165) is 47.2 Å². The molecule has 0 bridgehead atoms. The number of aromatic nitrogens is 4. The molecular weight excluding hydrogens is 408 g/mol. The van der Waals surface area contributed by atoms with Gasteiger partial charge in [-0.1, -0.05) is 5.16 Å². The van der Waals surface area contributed by atoms with E-state index >= 15 is 0 Å². The Morgan fingerprint density at radius 1 is 1.25 bits per heavy atom. The van der Waals surface area contributed by atoms with Crippen LogP contribution in [0, 0.1) is 0 Å². The number of anilines is 1. The molecule has 4 aromatic rings. The van der Waals surface area contributed by atoms with Gasteiger partial charge in [-0.05, 0) is 50.5 Å². The molecule has 1 fully saturated rings. The molecule has 32 heavy (non-hydrogen) atoms. The normalized spacial score (nSPS) is 17.8. The molecule has 1 atom stereocenters. The number of nitrogens with zero attached hydrogens (tertiary/aromatic N) is 4. The first-order chi connectivity index (χ1) is 15.6. The zero-order valence-electron chi connectivity index (χ0n) is 17.5. The average molecular weight is 430 g/mol. The van der Waals surface area contributed by atoms with Crippen molar-refractivity contribution in [2.24, 2.45) is 0 Å². The average Bonchev–Trinajstić information content (AvgIpc) is 3.39. The molecule has 0 spiro atoms. The maximum Gasteiger partial charge on any atom is 0.331 e. The van der Waals surface area contributed by atoms with Gasteiger partial charge in [-0.2, -0.15) is 0 Å². The Kier molecular flexibility index (Phi) is 4.43. The van der Waals surface area contributed by atoms with Gasteiger partial charge in [-0.15, -0.1) is 0 Å². The fourth-order valence-corrected chi connectivity index (χ4v) is 4.08. The summed E-state index contributed by atoms with van der Waals surface area (Å²) in [5, 5.41) is 11.0. The molecule has 3 aromatic heterocycles. The second-order valence-electron chi connectivity index (χ2n) is 8.42. The number of fused-ring (bicyclic) bond motifs is 2. The largest absolute Gasteiger partial charge is 0.439 e. The molecule has 2 aliphatic rings. The monoisotopic (exact) mass is 430 g/mol. The second-order valence-corrected chi connectivity index (χ2v) is 8.42. The number of carbonyl (C=O) groups is 1. The van der Waals surface area contributed by atoms with Crippen LogP contribution in [0.5, 0.6) is 11.6 Å². The predicted molar refractivity (Wildman–Crippen MR) is 117 cm³/mol. The highest BCUT2D eigenvalue weighted by molar-refractivity contribution is 5.98. The van der Waals surface area contributed by atoms with Crippen molar-refractivity contribution >= 4 is 22.8 Å². The summed E-state index contributed by atoms with van der Waals surface area (Å²) in [5.41, 5.74) is 2.77. The second kappa shape index (κ2) is 7.45. The topological polar surface area (TPSA) is 107 Å². The van der Waals surface area contributed by atoms with E-state index in [1.165, 1.54) is 6.33 Å². The lowest BCUT2D eigenvalue weighted by atomic mass is 10.0. The molecule has 1 saturated carbocycles. The van der Waals surface area contributed by atoms with Crippen LogP contribution in [0.3, 0.4) is 0 Å². The van der Waals surface area contributed by atoms with Gasteiger partial charge in [-0.3, -0.25) is 9.88 Å². The molecule has 2 N–H and O–H groups in total. The first-order valence-electron chi connectivity index (χ1n) is 10.8. The number of rotatable bonds is 4. The lowest BCUT2D eigenvalue weighted by molar-refractivity contribution is 0.254. The molecule has 9 heteroatoms. The van der Waals surface area contributed by atoms with Crippen LogP contribution in [-0.2, 0) is 13.0 Å². The Balaban J connectivity index is 1.23. The molecule has 0 radical (unpaired) electrons. The standard InChI is InChI=1S/C23H22N6O3/c1-13-8-17-18(11-24-13)25-12-26-22(17)31-16-4-5-19-15(9-16)6-7-29(19)23(30)27-21-10-20(32-28-21)14-2-3-14/h4-7,9-10,12-14,24H,2-3,8,11H2,1H3,(H,27,28,30). The van der Waals surface area contributed by atoms with Crippen molar-refractivity contribution < 1.29 is 14.1 Å². The van der Waals surface area contributed by atoms with Crippen molar-refractivity contribution in [2.75, 3.05) is 5.32 Å². The molecule has 1 amide bonds. The maximum absolute atomic E-state index is 12.8. The highest BCUT2D eigenvalue weighted by atomic mass is 16.5. The first kappa shape index (κ1) is 19.0. The van der Waals surface area contributed by atoms with Crippen molar-refractivity contribution in [2.45, 2.75) is 44.7 Å². The van der Waals surface area contributed by atoms with Gasteiger partial charge in [-0.25, -0.2) is 14.8 Å². The van der Waals surface area contributed by atoms with Gasteiger partial charge in [0.25, 0.3) is 0 Å². The third-order valence-electron chi connectivity index (χ3n) is 5.96. The fourth-order valence-electron chi connectivity index (χ4n) is 4.08. The van der Waals surface area contributed by atoms with Crippen molar-refractivity contribution in [3.63, 3.8) is 0 Å². The molecule has 1 aliphatic carbocycles. The third-order valence-corrected chi connectivity index (χ3v) is 5.96. The summed E-state index contributed by atoms with van der Waals surface area (Å²) in [4.78, 5) is 21.5.